The molecule has 2 aromatic carbocycles. The van der Waals surface area contributed by atoms with Crippen LogP contribution in [0.25, 0.3) is 0 Å². The molecule has 0 aliphatic rings. The number of carbonyl (C=O) groups excluding carboxylic acids is 1. The summed E-state index contributed by atoms with van der Waals surface area (Å²) >= 11 is 6.18. The molecule has 0 aliphatic heterocycles. The first kappa shape index (κ1) is 17.7. The van der Waals surface area contributed by atoms with E-state index in [4.69, 9.17) is 16.3 Å². The van der Waals surface area contributed by atoms with Gasteiger partial charge in [0.05, 0.1) is 29.1 Å². The average molecular weight is 369 g/mol. The fraction of sp³-hybridized carbons (Fsp3) is 0.105. The summed E-state index contributed by atoms with van der Waals surface area (Å²) in [5, 5.41) is 6.84. The third-order valence-electron chi connectivity index (χ3n) is 3.57. The van der Waals surface area contributed by atoms with Crippen molar-refractivity contribution in [3.05, 3.63) is 70.9 Å². The molecule has 0 bridgehead atoms. The molecule has 0 spiro atoms. The molecule has 2 N–H and O–H groups in total. The summed E-state index contributed by atoms with van der Waals surface area (Å²) in [5.74, 6) is 0.509. The Morgan fingerprint density at radius 2 is 1.69 bits per heavy atom. The van der Waals surface area contributed by atoms with Gasteiger partial charge in [-0.1, -0.05) is 35.9 Å². The fourth-order valence-corrected chi connectivity index (χ4v) is 2.57. The summed E-state index contributed by atoms with van der Waals surface area (Å²) in [4.78, 5) is 20.7. The number of rotatable bonds is 5. The molecule has 26 heavy (non-hydrogen) atoms. The Labute approximate surface area is 156 Å². The molecule has 132 valence electrons. The van der Waals surface area contributed by atoms with Gasteiger partial charge in [-0.15, -0.1) is 0 Å². The van der Waals surface area contributed by atoms with E-state index in [1.165, 1.54) is 7.11 Å². The minimum Gasteiger partial charge on any atom is -0.465 e. The number of nitrogens with zero attached hydrogens (tertiary/aromatic N) is 2. The Bertz CT molecular complexity index is 946. The summed E-state index contributed by atoms with van der Waals surface area (Å²) in [6.07, 6.45) is 0. The Hall–Kier alpha value is -3.12. The van der Waals surface area contributed by atoms with Crippen molar-refractivity contribution >= 4 is 40.7 Å². The van der Waals surface area contributed by atoms with E-state index < -0.39 is 5.97 Å². The number of esters is 1. The summed E-state index contributed by atoms with van der Waals surface area (Å²) in [6.45, 7) is 1.86. The van der Waals surface area contributed by atoms with Gasteiger partial charge in [0.15, 0.2) is 0 Å². The van der Waals surface area contributed by atoms with Gasteiger partial charge >= 0.3 is 5.97 Å². The lowest BCUT2D eigenvalue weighted by molar-refractivity contribution is 0.0602. The Morgan fingerprint density at radius 3 is 2.42 bits per heavy atom. The smallest absolute Gasteiger partial charge is 0.339 e. The van der Waals surface area contributed by atoms with Crippen LogP contribution in [0, 0.1) is 6.92 Å². The van der Waals surface area contributed by atoms with Crippen molar-refractivity contribution < 1.29 is 9.53 Å². The highest BCUT2D eigenvalue weighted by Gasteiger charge is 2.13. The number of aromatic nitrogens is 2. The molecular weight excluding hydrogens is 352 g/mol. The fourth-order valence-electron chi connectivity index (χ4n) is 2.39. The number of benzene rings is 2. The summed E-state index contributed by atoms with van der Waals surface area (Å²) in [7, 11) is 1.34. The van der Waals surface area contributed by atoms with Crippen molar-refractivity contribution in [3.8, 4) is 0 Å². The number of carbonyl (C=O) groups is 1. The van der Waals surface area contributed by atoms with Gasteiger partial charge in [-0.3, -0.25) is 0 Å². The number of hydrogen-bond donors (Lipinski definition) is 2. The van der Waals surface area contributed by atoms with Crippen molar-refractivity contribution in [2.45, 2.75) is 6.92 Å². The van der Waals surface area contributed by atoms with E-state index >= 15 is 0 Å². The molecule has 0 unspecified atom stereocenters. The van der Waals surface area contributed by atoms with Gasteiger partial charge in [0.25, 0.3) is 0 Å². The van der Waals surface area contributed by atoms with Gasteiger partial charge in [-0.25, -0.2) is 9.78 Å². The Kier molecular flexibility index (Phi) is 5.34. The number of ether oxygens (including phenoxy) is 1. The largest absolute Gasteiger partial charge is 0.465 e. The molecule has 3 aromatic rings. The summed E-state index contributed by atoms with van der Waals surface area (Å²) < 4.78 is 4.81. The number of anilines is 4. The summed E-state index contributed by atoms with van der Waals surface area (Å²) in [6, 6.07) is 16.2. The van der Waals surface area contributed by atoms with E-state index in [0.717, 1.165) is 11.4 Å². The second kappa shape index (κ2) is 7.84. The zero-order valence-electron chi connectivity index (χ0n) is 14.3. The molecule has 1 heterocycles. The SMILES string of the molecule is COC(=O)c1ccccc1Nc1nc(C)cc(Nc2ccccc2Cl)n1. The molecule has 1 aromatic heterocycles. The number of nitrogens with one attached hydrogen (secondary N) is 2. The van der Waals surface area contributed by atoms with E-state index in [2.05, 4.69) is 20.6 Å². The monoisotopic (exact) mass is 368 g/mol. The second-order valence-corrected chi connectivity index (χ2v) is 5.89. The molecule has 0 saturated carbocycles. The molecule has 0 fully saturated rings. The van der Waals surface area contributed by atoms with Crippen molar-refractivity contribution in [3.63, 3.8) is 0 Å². The zero-order valence-corrected chi connectivity index (χ0v) is 15.0. The molecule has 0 radical (unpaired) electrons. The number of aryl methyl sites for hydroxylation is 1. The molecule has 0 aliphatic carbocycles. The van der Waals surface area contributed by atoms with E-state index in [-0.39, 0.29) is 0 Å². The lowest BCUT2D eigenvalue weighted by Crippen LogP contribution is -2.08. The van der Waals surface area contributed by atoms with Crippen LogP contribution in [0.4, 0.5) is 23.1 Å². The van der Waals surface area contributed by atoms with Crippen molar-refractivity contribution in [1.82, 2.24) is 9.97 Å². The number of halogens is 1. The first-order chi connectivity index (χ1) is 12.6. The molecule has 7 heteroatoms. The quantitative estimate of drug-likeness (QED) is 0.635. The lowest BCUT2D eigenvalue weighted by atomic mass is 10.2. The van der Waals surface area contributed by atoms with Gasteiger partial charge in [0.2, 0.25) is 5.95 Å². The standard InChI is InChI=1S/C19H17ClN4O2/c1-12-11-17(22-16-10-6-4-8-14(16)20)24-19(21-12)23-15-9-5-3-7-13(15)18(25)26-2/h3-11H,1-2H3,(H2,21,22,23,24). The highest BCUT2D eigenvalue weighted by molar-refractivity contribution is 6.33. The van der Waals surface area contributed by atoms with Gasteiger partial charge < -0.3 is 15.4 Å². The highest BCUT2D eigenvalue weighted by Crippen LogP contribution is 2.26. The van der Waals surface area contributed by atoms with Crippen LogP contribution in [-0.2, 0) is 4.74 Å². The molecule has 6 nitrogen and oxygen atoms in total. The maximum absolute atomic E-state index is 11.9. The van der Waals surface area contributed by atoms with E-state index in [9.17, 15) is 4.79 Å². The van der Waals surface area contributed by atoms with E-state index in [1.54, 1.807) is 30.3 Å². The van der Waals surface area contributed by atoms with Gasteiger partial charge in [0, 0.05) is 11.8 Å². The zero-order chi connectivity index (χ0) is 18.5. The normalized spacial score (nSPS) is 10.3. The van der Waals surface area contributed by atoms with Crippen LogP contribution in [0.2, 0.25) is 5.02 Å². The van der Waals surface area contributed by atoms with E-state index in [1.807, 2.05) is 31.2 Å². The van der Waals surface area contributed by atoms with Crippen molar-refractivity contribution in [2.24, 2.45) is 0 Å². The van der Waals surface area contributed by atoms with Crippen molar-refractivity contribution in [1.29, 1.82) is 0 Å². The average Bonchev–Trinajstić information content (AvgIpc) is 2.63. The molecular formula is C19H17ClN4O2. The molecule has 0 saturated heterocycles. The van der Waals surface area contributed by atoms with Crippen LogP contribution in [0.5, 0.6) is 0 Å². The van der Waals surface area contributed by atoms with Gasteiger partial charge in [-0.05, 0) is 31.2 Å². The third-order valence-corrected chi connectivity index (χ3v) is 3.90. The predicted octanol–water partition coefficient (Wildman–Crippen LogP) is 4.71. The van der Waals surface area contributed by atoms with Crippen LogP contribution in [-0.4, -0.2) is 23.0 Å². The lowest BCUT2D eigenvalue weighted by Gasteiger charge is -2.12. The molecule has 0 atom stereocenters. The third kappa shape index (κ3) is 4.10. The van der Waals surface area contributed by atoms with Gasteiger partial charge in [0.1, 0.15) is 5.82 Å². The van der Waals surface area contributed by atoms with Crippen LogP contribution >= 0.6 is 11.6 Å². The molecule has 3 rings (SSSR count). The Morgan fingerprint density at radius 1 is 1.00 bits per heavy atom. The molecule has 0 amide bonds. The minimum absolute atomic E-state index is 0.357. The predicted molar refractivity (Wildman–Crippen MR) is 103 cm³/mol. The van der Waals surface area contributed by atoms with Crippen LogP contribution in [0.15, 0.2) is 54.6 Å². The maximum atomic E-state index is 11.9. The van der Waals surface area contributed by atoms with E-state index in [0.29, 0.717) is 28.0 Å². The highest BCUT2D eigenvalue weighted by atomic mass is 35.5. The number of methoxy groups -OCH3 is 1. The Balaban J connectivity index is 1.90. The summed E-state index contributed by atoms with van der Waals surface area (Å²) in [5.41, 5.74) is 2.47. The van der Waals surface area contributed by atoms with Crippen LogP contribution in [0.3, 0.4) is 0 Å². The topological polar surface area (TPSA) is 76.1 Å². The van der Waals surface area contributed by atoms with Crippen LogP contribution in [0.1, 0.15) is 16.1 Å². The second-order valence-electron chi connectivity index (χ2n) is 5.49. The maximum Gasteiger partial charge on any atom is 0.339 e. The van der Waals surface area contributed by atoms with Crippen molar-refractivity contribution in [2.75, 3.05) is 17.7 Å². The minimum atomic E-state index is -0.435. The van der Waals surface area contributed by atoms with Crippen LogP contribution < -0.4 is 10.6 Å². The first-order valence-electron chi connectivity index (χ1n) is 7.88. The number of hydrogen-bond acceptors (Lipinski definition) is 6. The van der Waals surface area contributed by atoms with Gasteiger partial charge in [-0.2, -0.15) is 4.98 Å². The first-order valence-corrected chi connectivity index (χ1v) is 8.26. The number of para-hydroxylation sites is 2.